The lowest BCUT2D eigenvalue weighted by Gasteiger charge is -2.28. The Hall–Kier alpha value is -3.00. The summed E-state index contributed by atoms with van der Waals surface area (Å²) in [5.41, 5.74) is 1.80. The van der Waals surface area contributed by atoms with Gasteiger partial charge in [-0.2, -0.15) is 0 Å². The lowest BCUT2D eigenvalue weighted by molar-refractivity contribution is 0.130. The van der Waals surface area contributed by atoms with Crippen molar-refractivity contribution >= 4 is 0 Å². The number of fused-ring (bicyclic) bond motifs is 2. The van der Waals surface area contributed by atoms with E-state index in [2.05, 4.69) is 25.7 Å². The fourth-order valence-corrected chi connectivity index (χ4v) is 4.09. The molecule has 0 radical (unpaired) electrons. The molecule has 2 aliphatic heterocycles. The number of ether oxygens (including phenoxy) is 1. The van der Waals surface area contributed by atoms with Crippen LogP contribution in [0.3, 0.4) is 0 Å². The predicted molar refractivity (Wildman–Crippen MR) is 101 cm³/mol. The van der Waals surface area contributed by atoms with Crippen LogP contribution < -0.4 is 10.1 Å². The van der Waals surface area contributed by atoms with Crippen LogP contribution in [-0.2, 0) is 0 Å². The molecule has 2 fully saturated rings. The monoisotopic (exact) mass is 379 g/mol. The summed E-state index contributed by atoms with van der Waals surface area (Å²) in [5.74, 6) is 1.44. The van der Waals surface area contributed by atoms with Crippen molar-refractivity contribution in [3.63, 3.8) is 0 Å². The Morgan fingerprint density at radius 2 is 1.86 bits per heavy atom. The average Bonchev–Trinajstić information content (AvgIpc) is 3.27. The number of nitrogens with zero attached hydrogens (tertiary/aromatic N) is 4. The van der Waals surface area contributed by atoms with E-state index in [1.54, 1.807) is 31.2 Å². The minimum Gasteiger partial charge on any atom is -0.507 e. The molecule has 8 nitrogen and oxygen atoms in total. The second kappa shape index (κ2) is 6.87. The van der Waals surface area contributed by atoms with Gasteiger partial charge in [-0.3, -0.25) is 0 Å². The van der Waals surface area contributed by atoms with E-state index in [1.807, 2.05) is 6.07 Å². The summed E-state index contributed by atoms with van der Waals surface area (Å²) in [6, 6.07) is 9.89. The first-order chi connectivity index (χ1) is 13.6. The highest BCUT2D eigenvalue weighted by molar-refractivity contribution is 5.71. The standard InChI is InChI=1S/C20H21N5O3/c1-11-22-25-20(27-11)12-2-5-16(18(26)8-12)17-6-7-19(24-23-17)28-15-9-13-3-4-14(10-15)21-13/h2,5-8,13-15,21,26H,3-4,9-10H2,1H3. The molecule has 5 rings (SSSR count). The molecule has 0 amide bonds. The van der Waals surface area contributed by atoms with Crippen molar-refractivity contribution in [2.45, 2.75) is 50.8 Å². The number of phenolic OH excluding ortho intramolecular Hbond substituents is 1. The summed E-state index contributed by atoms with van der Waals surface area (Å²) in [6.07, 6.45) is 4.67. The SMILES string of the molecule is Cc1nnc(-c2ccc(-c3ccc(OC4CC5CCC(C4)N5)nn3)c(O)c2)o1. The largest absolute Gasteiger partial charge is 0.507 e. The number of nitrogens with one attached hydrogen (secondary N) is 1. The number of aromatic nitrogens is 4. The maximum absolute atomic E-state index is 10.4. The Balaban J connectivity index is 1.31. The first-order valence-corrected chi connectivity index (χ1v) is 9.54. The molecule has 144 valence electrons. The molecule has 2 aromatic heterocycles. The zero-order valence-corrected chi connectivity index (χ0v) is 15.5. The lowest BCUT2D eigenvalue weighted by atomic mass is 10.0. The molecule has 0 saturated carbocycles. The Kier molecular flexibility index (Phi) is 4.20. The maximum Gasteiger partial charge on any atom is 0.247 e. The molecular formula is C20H21N5O3. The van der Waals surface area contributed by atoms with Crippen molar-refractivity contribution in [1.82, 2.24) is 25.7 Å². The number of piperidine rings is 1. The highest BCUT2D eigenvalue weighted by Crippen LogP contribution is 2.33. The van der Waals surface area contributed by atoms with Crippen LogP contribution in [0.4, 0.5) is 0 Å². The lowest BCUT2D eigenvalue weighted by Crippen LogP contribution is -2.42. The molecule has 2 atom stereocenters. The smallest absolute Gasteiger partial charge is 0.247 e. The molecule has 0 spiro atoms. The summed E-state index contributed by atoms with van der Waals surface area (Å²) < 4.78 is 11.4. The van der Waals surface area contributed by atoms with Gasteiger partial charge in [-0.05, 0) is 49.9 Å². The summed E-state index contributed by atoms with van der Waals surface area (Å²) in [7, 11) is 0. The van der Waals surface area contributed by atoms with Crippen LogP contribution in [0.15, 0.2) is 34.7 Å². The van der Waals surface area contributed by atoms with E-state index < -0.39 is 0 Å². The molecule has 4 heterocycles. The third kappa shape index (κ3) is 3.31. The summed E-state index contributed by atoms with van der Waals surface area (Å²) in [6.45, 7) is 1.72. The van der Waals surface area contributed by atoms with Crippen LogP contribution in [0.5, 0.6) is 11.6 Å². The van der Waals surface area contributed by atoms with E-state index in [0.717, 1.165) is 12.8 Å². The van der Waals surface area contributed by atoms with Gasteiger partial charge in [0.15, 0.2) is 0 Å². The van der Waals surface area contributed by atoms with E-state index in [0.29, 0.717) is 46.6 Å². The van der Waals surface area contributed by atoms with Crippen molar-refractivity contribution in [2.75, 3.05) is 0 Å². The Morgan fingerprint density at radius 1 is 1.04 bits per heavy atom. The topological polar surface area (TPSA) is 106 Å². The van der Waals surface area contributed by atoms with Crippen LogP contribution in [0.25, 0.3) is 22.7 Å². The molecule has 0 aliphatic carbocycles. The van der Waals surface area contributed by atoms with Crippen molar-refractivity contribution in [2.24, 2.45) is 0 Å². The molecule has 2 bridgehead atoms. The quantitative estimate of drug-likeness (QED) is 0.713. The number of phenols is 1. The van der Waals surface area contributed by atoms with E-state index in [-0.39, 0.29) is 11.9 Å². The van der Waals surface area contributed by atoms with Gasteiger partial charge in [0.2, 0.25) is 17.7 Å². The van der Waals surface area contributed by atoms with Gasteiger partial charge in [-0.15, -0.1) is 20.4 Å². The van der Waals surface area contributed by atoms with E-state index in [1.165, 1.54) is 12.8 Å². The highest BCUT2D eigenvalue weighted by Gasteiger charge is 2.34. The minimum atomic E-state index is 0.0752. The normalized spacial score (nSPS) is 23.7. The number of aryl methyl sites for hydroxylation is 1. The molecule has 2 aliphatic rings. The number of hydrogen-bond acceptors (Lipinski definition) is 8. The molecule has 28 heavy (non-hydrogen) atoms. The fourth-order valence-electron chi connectivity index (χ4n) is 4.09. The second-order valence-electron chi connectivity index (χ2n) is 7.46. The molecule has 8 heteroatoms. The van der Waals surface area contributed by atoms with Gasteiger partial charge in [0.1, 0.15) is 11.9 Å². The van der Waals surface area contributed by atoms with E-state index in [4.69, 9.17) is 9.15 Å². The van der Waals surface area contributed by atoms with Gasteiger partial charge in [0.05, 0.1) is 5.69 Å². The molecular weight excluding hydrogens is 358 g/mol. The maximum atomic E-state index is 10.4. The van der Waals surface area contributed by atoms with Gasteiger partial charge in [0, 0.05) is 36.2 Å². The highest BCUT2D eigenvalue weighted by atomic mass is 16.5. The van der Waals surface area contributed by atoms with Crippen molar-refractivity contribution in [3.05, 3.63) is 36.2 Å². The zero-order valence-electron chi connectivity index (χ0n) is 15.5. The van der Waals surface area contributed by atoms with Gasteiger partial charge in [0.25, 0.3) is 0 Å². The van der Waals surface area contributed by atoms with Gasteiger partial charge in [-0.25, -0.2) is 0 Å². The minimum absolute atomic E-state index is 0.0752. The number of hydrogen-bond donors (Lipinski definition) is 2. The first kappa shape index (κ1) is 17.1. The predicted octanol–water partition coefficient (Wildman–Crippen LogP) is 2.87. The Labute approximate surface area is 162 Å². The fraction of sp³-hybridized carbons (Fsp3) is 0.400. The van der Waals surface area contributed by atoms with Crippen LogP contribution in [0, 0.1) is 6.92 Å². The third-order valence-corrected chi connectivity index (χ3v) is 5.40. The molecule has 2 unspecified atom stereocenters. The molecule has 3 aromatic rings. The zero-order chi connectivity index (χ0) is 19.1. The van der Waals surface area contributed by atoms with Gasteiger partial charge >= 0.3 is 0 Å². The first-order valence-electron chi connectivity index (χ1n) is 9.54. The van der Waals surface area contributed by atoms with Crippen LogP contribution in [-0.4, -0.2) is 43.7 Å². The van der Waals surface area contributed by atoms with Crippen molar-refractivity contribution in [1.29, 1.82) is 0 Å². The van der Waals surface area contributed by atoms with E-state index in [9.17, 15) is 5.11 Å². The Morgan fingerprint density at radius 3 is 2.50 bits per heavy atom. The molecule has 2 saturated heterocycles. The number of rotatable bonds is 4. The molecule has 2 N–H and O–H groups in total. The van der Waals surface area contributed by atoms with Crippen LogP contribution in [0.2, 0.25) is 0 Å². The Bertz CT molecular complexity index is 976. The second-order valence-corrected chi connectivity index (χ2v) is 7.46. The summed E-state index contributed by atoms with van der Waals surface area (Å²) in [4.78, 5) is 0. The third-order valence-electron chi connectivity index (χ3n) is 5.40. The number of aromatic hydroxyl groups is 1. The summed E-state index contributed by atoms with van der Waals surface area (Å²) in [5, 5.41) is 30.2. The van der Waals surface area contributed by atoms with Gasteiger partial charge < -0.3 is 19.6 Å². The van der Waals surface area contributed by atoms with Crippen molar-refractivity contribution < 1.29 is 14.3 Å². The van der Waals surface area contributed by atoms with E-state index >= 15 is 0 Å². The van der Waals surface area contributed by atoms with Gasteiger partial charge in [-0.1, -0.05) is 0 Å². The van der Waals surface area contributed by atoms with Crippen molar-refractivity contribution in [3.8, 4) is 34.3 Å². The number of benzene rings is 1. The average molecular weight is 379 g/mol. The van der Waals surface area contributed by atoms with Crippen LogP contribution >= 0.6 is 0 Å². The van der Waals surface area contributed by atoms with Crippen LogP contribution in [0.1, 0.15) is 31.6 Å². The summed E-state index contributed by atoms with van der Waals surface area (Å²) >= 11 is 0. The molecule has 1 aromatic carbocycles.